The molecule has 0 amide bonds. The van der Waals surface area contributed by atoms with Gasteiger partial charge in [0, 0.05) is 18.5 Å². The van der Waals surface area contributed by atoms with Gasteiger partial charge in [-0.15, -0.1) is 0 Å². The summed E-state index contributed by atoms with van der Waals surface area (Å²) in [7, 11) is 0. The Morgan fingerprint density at radius 2 is 2.00 bits per heavy atom. The molecule has 2 N–H and O–H groups in total. The molecule has 92 valence electrons. The zero-order valence-electron chi connectivity index (χ0n) is 10.1. The summed E-state index contributed by atoms with van der Waals surface area (Å²) in [6.07, 6.45) is 3.07. The van der Waals surface area contributed by atoms with Gasteiger partial charge in [-0.1, -0.05) is 24.3 Å². The van der Waals surface area contributed by atoms with Gasteiger partial charge in [0.05, 0.1) is 0 Å². The van der Waals surface area contributed by atoms with Crippen LogP contribution >= 0.6 is 0 Å². The van der Waals surface area contributed by atoms with Crippen molar-refractivity contribution in [2.75, 3.05) is 0 Å². The van der Waals surface area contributed by atoms with E-state index >= 15 is 0 Å². The molecule has 0 aromatic heterocycles. The van der Waals surface area contributed by atoms with Crippen molar-refractivity contribution in [2.45, 2.75) is 44.7 Å². The lowest BCUT2D eigenvalue weighted by atomic mass is 10.1. The second-order valence-electron chi connectivity index (χ2n) is 4.87. The van der Waals surface area contributed by atoms with Crippen LogP contribution in [0.1, 0.15) is 30.9 Å². The number of benzene rings is 1. The van der Waals surface area contributed by atoms with E-state index in [-0.39, 0.29) is 12.5 Å². The van der Waals surface area contributed by atoms with E-state index in [0.717, 1.165) is 12.8 Å². The highest BCUT2D eigenvalue weighted by Gasteiger charge is 2.21. The van der Waals surface area contributed by atoms with Gasteiger partial charge in [-0.3, -0.25) is 4.79 Å². The van der Waals surface area contributed by atoms with Crippen LogP contribution in [0.25, 0.3) is 0 Å². The molecule has 0 saturated carbocycles. The first-order chi connectivity index (χ1) is 8.15. The van der Waals surface area contributed by atoms with Crippen LogP contribution in [0.3, 0.4) is 0 Å². The Morgan fingerprint density at radius 3 is 2.53 bits per heavy atom. The van der Waals surface area contributed by atoms with Crippen molar-refractivity contribution in [3.05, 3.63) is 35.4 Å². The number of nitrogens with one attached hydrogen (secondary N) is 1. The summed E-state index contributed by atoms with van der Waals surface area (Å²) >= 11 is 0. The number of carbonyl (C=O) groups is 1. The quantitative estimate of drug-likeness (QED) is 0.817. The zero-order valence-corrected chi connectivity index (χ0v) is 10.1. The minimum Gasteiger partial charge on any atom is -0.481 e. The maximum absolute atomic E-state index is 10.5. The Bertz CT molecular complexity index is 378. The summed E-state index contributed by atoms with van der Waals surface area (Å²) in [5.41, 5.74) is 2.85. The molecule has 0 aliphatic heterocycles. The van der Waals surface area contributed by atoms with Crippen LogP contribution in [0.5, 0.6) is 0 Å². The molecule has 1 aromatic carbocycles. The molecule has 0 spiro atoms. The molecular formula is C14H19NO2. The second kappa shape index (κ2) is 5.32. The van der Waals surface area contributed by atoms with Gasteiger partial charge in [-0.05, 0) is 37.3 Å². The number of hydrogen-bond donors (Lipinski definition) is 2. The highest BCUT2D eigenvalue weighted by Crippen LogP contribution is 2.22. The molecule has 2 rings (SSSR count). The van der Waals surface area contributed by atoms with Crippen LogP contribution in [0.15, 0.2) is 24.3 Å². The first kappa shape index (κ1) is 12.1. The average Bonchev–Trinajstić information content (AvgIpc) is 2.68. The summed E-state index contributed by atoms with van der Waals surface area (Å²) < 4.78 is 0. The van der Waals surface area contributed by atoms with Gasteiger partial charge < -0.3 is 10.4 Å². The third-order valence-electron chi connectivity index (χ3n) is 3.36. The lowest BCUT2D eigenvalue weighted by Gasteiger charge is -2.18. The predicted octanol–water partition coefficient (Wildman–Crippen LogP) is 2.00. The van der Waals surface area contributed by atoms with Crippen molar-refractivity contribution in [1.29, 1.82) is 0 Å². The number of hydrogen-bond acceptors (Lipinski definition) is 2. The standard InChI is InChI=1S/C14H19NO2/c1-10(6-7-14(16)17)15-13-8-11-4-2-3-5-12(11)9-13/h2-5,10,13,15H,6-9H2,1H3,(H,16,17). The fourth-order valence-electron chi connectivity index (χ4n) is 2.50. The zero-order chi connectivity index (χ0) is 12.3. The van der Waals surface area contributed by atoms with Gasteiger partial charge in [0.15, 0.2) is 0 Å². The molecule has 1 atom stereocenters. The lowest BCUT2D eigenvalue weighted by molar-refractivity contribution is -0.137. The van der Waals surface area contributed by atoms with Crippen molar-refractivity contribution in [3.8, 4) is 0 Å². The number of carboxylic acid groups (broad SMARTS) is 1. The van der Waals surface area contributed by atoms with Crippen LogP contribution in [0, 0.1) is 0 Å². The molecule has 1 unspecified atom stereocenters. The fraction of sp³-hybridized carbons (Fsp3) is 0.500. The van der Waals surface area contributed by atoms with Gasteiger partial charge in [0.2, 0.25) is 0 Å². The molecule has 0 saturated heterocycles. The minimum atomic E-state index is -0.714. The summed E-state index contributed by atoms with van der Waals surface area (Å²) in [6.45, 7) is 2.06. The molecule has 0 bridgehead atoms. The highest BCUT2D eigenvalue weighted by molar-refractivity contribution is 5.66. The fourth-order valence-corrected chi connectivity index (χ4v) is 2.50. The maximum atomic E-state index is 10.5. The van der Waals surface area contributed by atoms with Gasteiger partial charge in [0.25, 0.3) is 0 Å². The summed E-state index contributed by atoms with van der Waals surface area (Å²) in [6, 6.07) is 9.25. The molecular weight excluding hydrogens is 214 g/mol. The molecule has 0 fully saturated rings. The van der Waals surface area contributed by atoms with E-state index in [1.807, 2.05) is 0 Å². The molecule has 1 aliphatic carbocycles. The largest absolute Gasteiger partial charge is 0.481 e. The molecule has 17 heavy (non-hydrogen) atoms. The van der Waals surface area contributed by atoms with E-state index in [0.29, 0.717) is 12.5 Å². The number of rotatable bonds is 5. The van der Waals surface area contributed by atoms with Crippen LogP contribution in [-0.2, 0) is 17.6 Å². The smallest absolute Gasteiger partial charge is 0.303 e. The first-order valence-electron chi connectivity index (χ1n) is 6.20. The van der Waals surface area contributed by atoms with Crippen molar-refractivity contribution in [3.63, 3.8) is 0 Å². The number of carboxylic acids is 1. The van der Waals surface area contributed by atoms with Crippen LogP contribution in [-0.4, -0.2) is 23.2 Å². The minimum absolute atomic E-state index is 0.244. The average molecular weight is 233 g/mol. The Labute approximate surface area is 102 Å². The maximum Gasteiger partial charge on any atom is 0.303 e. The van der Waals surface area contributed by atoms with E-state index < -0.39 is 5.97 Å². The van der Waals surface area contributed by atoms with Gasteiger partial charge in [-0.2, -0.15) is 0 Å². The SMILES string of the molecule is CC(CCC(=O)O)NC1Cc2ccccc2C1. The molecule has 0 radical (unpaired) electrons. The summed E-state index contributed by atoms with van der Waals surface area (Å²) in [4.78, 5) is 10.5. The van der Waals surface area contributed by atoms with E-state index in [2.05, 4.69) is 36.5 Å². The van der Waals surface area contributed by atoms with Gasteiger partial charge in [0.1, 0.15) is 0 Å². The topological polar surface area (TPSA) is 49.3 Å². The van der Waals surface area contributed by atoms with Crippen LogP contribution in [0.4, 0.5) is 0 Å². The van der Waals surface area contributed by atoms with Gasteiger partial charge in [-0.25, -0.2) is 0 Å². The number of fused-ring (bicyclic) bond motifs is 1. The Balaban J connectivity index is 1.81. The molecule has 1 aromatic rings. The van der Waals surface area contributed by atoms with Crippen LogP contribution in [0.2, 0.25) is 0 Å². The van der Waals surface area contributed by atoms with Crippen molar-refractivity contribution < 1.29 is 9.90 Å². The van der Waals surface area contributed by atoms with Gasteiger partial charge >= 0.3 is 5.97 Å². The van der Waals surface area contributed by atoms with Crippen molar-refractivity contribution >= 4 is 5.97 Å². The molecule has 1 aliphatic rings. The molecule has 3 nitrogen and oxygen atoms in total. The Kier molecular flexibility index (Phi) is 3.79. The van der Waals surface area contributed by atoms with E-state index in [9.17, 15) is 4.79 Å². The Hall–Kier alpha value is -1.35. The Morgan fingerprint density at radius 1 is 1.41 bits per heavy atom. The lowest BCUT2D eigenvalue weighted by Crippen LogP contribution is -2.37. The highest BCUT2D eigenvalue weighted by atomic mass is 16.4. The van der Waals surface area contributed by atoms with Crippen molar-refractivity contribution in [2.24, 2.45) is 0 Å². The second-order valence-corrected chi connectivity index (χ2v) is 4.87. The van der Waals surface area contributed by atoms with E-state index in [4.69, 9.17) is 5.11 Å². The predicted molar refractivity (Wildman–Crippen MR) is 67.1 cm³/mol. The summed E-state index contributed by atoms with van der Waals surface area (Å²) in [5.74, 6) is -0.714. The monoisotopic (exact) mass is 233 g/mol. The van der Waals surface area contributed by atoms with E-state index in [1.165, 1.54) is 11.1 Å². The van der Waals surface area contributed by atoms with E-state index in [1.54, 1.807) is 0 Å². The first-order valence-corrected chi connectivity index (χ1v) is 6.20. The van der Waals surface area contributed by atoms with Crippen LogP contribution < -0.4 is 5.32 Å². The summed E-state index contributed by atoms with van der Waals surface area (Å²) in [5, 5.41) is 12.2. The molecule has 0 heterocycles. The van der Waals surface area contributed by atoms with Crippen molar-refractivity contribution in [1.82, 2.24) is 5.32 Å². The third kappa shape index (κ3) is 3.30. The third-order valence-corrected chi connectivity index (χ3v) is 3.36. The molecule has 3 heteroatoms. The number of aliphatic carboxylic acids is 1. The normalized spacial score (nSPS) is 16.8.